The third-order valence-corrected chi connectivity index (χ3v) is 4.42. The molecule has 1 N–H and O–H groups in total. The smallest absolute Gasteiger partial charge is 0.408 e. The van der Waals surface area contributed by atoms with Crippen LogP contribution in [0.25, 0.3) is 0 Å². The van der Waals surface area contributed by atoms with Crippen LogP contribution in [0.4, 0.5) is 9.18 Å². The molecule has 4 atom stereocenters. The number of ether oxygens (including phenoxy) is 4. The van der Waals surface area contributed by atoms with Crippen molar-refractivity contribution in [2.75, 3.05) is 20.8 Å². The Bertz CT molecular complexity index is 544. The highest BCUT2D eigenvalue weighted by molar-refractivity contribution is 5.83. The normalized spacial score (nSPS) is 24.2. The number of alkyl carbamates (subject to hydrolysis) is 1. The van der Waals surface area contributed by atoms with Crippen molar-refractivity contribution in [3.05, 3.63) is 0 Å². The molecule has 9 heteroatoms. The van der Waals surface area contributed by atoms with E-state index in [2.05, 4.69) is 10.1 Å². The fourth-order valence-corrected chi connectivity index (χ4v) is 2.62. The maximum Gasteiger partial charge on any atom is 0.408 e. The number of nitrogens with one attached hydrogen (secondary N) is 1. The standard InChI is InChI=1S/C18H30FNO7/c1-17(2,3)27-16(23)20-12(14(21)24-5)9-13(15(22)25-6)26-10-11-7-8-18(11,4)19/h11-13H,7-10H2,1-6H3,(H,20,23)/t11?,12?,13?,18-/m0/s1. The minimum atomic E-state index is -1.34. The molecule has 0 bridgehead atoms. The second kappa shape index (κ2) is 9.34. The molecule has 0 spiro atoms. The second-order valence-corrected chi connectivity index (χ2v) is 7.82. The topological polar surface area (TPSA) is 100 Å². The van der Waals surface area contributed by atoms with Crippen LogP contribution in [-0.4, -0.2) is 62.3 Å². The summed E-state index contributed by atoms with van der Waals surface area (Å²) in [6.45, 7) is 6.51. The molecule has 1 saturated carbocycles. The molecule has 1 fully saturated rings. The summed E-state index contributed by atoms with van der Waals surface area (Å²) in [6, 6.07) is -1.19. The zero-order chi connectivity index (χ0) is 20.8. The first-order chi connectivity index (χ1) is 12.4. The third-order valence-electron chi connectivity index (χ3n) is 4.42. The Morgan fingerprint density at radius 1 is 1.19 bits per heavy atom. The van der Waals surface area contributed by atoms with E-state index in [0.717, 1.165) is 7.11 Å². The van der Waals surface area contributed by atoms with Crippen molar-refractivity contribution >= 4 is 18.0 Å². The van der Waals surface area contributed by atoms with Gasteiger partial charge in [0.05, 0.1) is 20.8 Å². The lowest BCUT2D eigenvalue weighted by molar-refractivity contribution is -0.161. The quantitative estimate of drug-likeness (QED) is 0.500. The van der Waals surface area contributed by atoms with Gasteiger partial charge in [0.25, 0.3) is 0 Å². The minimum Gasteiger partial charge on any atom is -0.467 e. The van der Waals surface area contributed by atoms with Crippen LogP contribution in [0.15, 0.2) is 0 Å². The lowest BCUT2D eigenvalue weighted by Gasteiger charge is -2.40. The van der Waals surface area contributed by atoms with Crippen LogP contribution in [0.1, 0.15) is 47.0 Å². The molecule has 0 aliphatic heterocycles. The predicted molar refractivity (Wildman–Crippen MR) is 93.8 cm³/mol. The molecule has 1 rings (SSSR count). The molecule has 0 aromatic rings. The first-order valence-electron chi connectivity index (χ1n) is 8.85. The molecule has 1 aliphatic carbocycles. The number of hydrogen-bond acceptors (Lipinski definition) is 7. The SMILES string of the molecule is COC(=O)C(CC(OCC1CC[C@]1(C)F)C(=O)OC)NC(=O)OC(C)(C)C. The molecule has 0 saturated heterocycles. The van der Waals surface area contributed by atoms with Crippen LogP contribution in [0.3, 0.4) is 0 Å². The van der Waals surface area contributed by atoms with Crippen LogP contribution in [0.2, 0.25) is 0 Å². The second-order valence-electron chi connectivity index (χ2n) is 7.82. The van der Waals surface area contributed by atoms with Gasteiger partial charge in [-0.1, -0.05) is 0 Å². The Morgan fingerprint density at radius 2 is 1.78 bits per heavy atom. The first-order valence-corrected chi connectivity index (χ1v) is 8.85. The molecule has 0 aromatic heterocycles. The van der Waals surface area contributed by atoms with E-state index in [0.29, 0.717) is 12.8 Å². The fourth-order valence-electron chi connectivity index (χ4n) is 2.62. The Morgan fingerprint density at radius 3 is 2.19 bits per heavy atom. The van der Waals surface area contributed by atoms with Crippen molar-refractivity contribution in [3.63, 3.8) is 0 Å². The number of halogens is 1. The van der Waals surface area contributed by atoms with Gasteiger partial charge in [-0.15, -0.1) is 0 Å². The van der Waals surface area contributed by atoms with E-state index >= 15 is 0 Å². The predicted octanol–water partition coefficient (Wildman–Crippen LogP) is 2.14. The van der Waals surface area contributed by atoms with Gasteiger partial charge < -0.3 is 24.3 Å². The first kappa shape index (κ1) is 23.1. The number of esters is 2. The molecule has 156 valence electrons. The molecule has 0 radical (unpaired) electrons. The highest BCUT2D eigenvalue weighted by Crippen LogP contribution is 2.41. The highest BCUT2D eigenvalue weighted by atomic mass is 19.1. The number of carbonyl (C=O) groups excluding carboxylic acids is 3. The van der Waals surface area contributed by atoms with Gasteiger partial charge in [0.1, 0.15) is 17.3 Å². The summed E-state index contributed by atoms with van der Waals surface area (Å²) in [6.07, 6.45) is -1.14. The summed E-state index contributed by atoms with van der Waals surface area (Å²) in [5, 5.41) is 2.37. The van der Waals surface area contributed by atoms with E-state index < -0.39 is 41.4 Å². The van der Waals surface area contributed by atoms with E-state index in [1.54, 1.807) is 20.8 Å². The molecule has 1 aliphatic rings. The van der Waals surface area contributed by atoms with Crippen molar-refractivity contribution in [1.29, 1.82) is 0 Å². The van der Waals surface area contributed by atoms with Crippen LogP contribution in [0, 0.1) is 5.92 Å². The summed E-state index contributed by atoms with van der Waals surface area (Å²) in [7, 11) is 2.33. The van der Waals surface area contributed by atoms with Gasteiger partial charge in [-0.05, 0) is 40.5 Å². The Hall–Kier alpha value is -1.90. The van der Waals surface area contributed by atoms with Crippen LogP contribution >= 0.6 is 0 Å². The van der Waals surface area contributed by atoms with Gasteiger partial charge in [0.2, 0.25) is 0 Å². The summed E-state index contributed by atoms with van der Waals surface area (Å²) < 4.78 is 34.0. The van der Waals surface area contributed by atoms with Gasteiger partial charge in [-0.25, -0.2) is 18.8 Å². The van der Waals surface area contributed by atoms with Gasteiger partial charge in [0.15, 0.2) is 6.10 Å². The van der Waals surface area contributed by atoms with Crippen molar-refractivity contribution in [2.45, 2.75) is 70.4 Å². The highest BCUT2D eigenvalue weighted by Gasteiger charge is 2.44. The lowest BCUT2D eigenvalue weighted by atomic mass is 9.72. The molecule has 27 heavy (non-hydrogen) atoms. The molecule has 3 unspecified atom stereocenters. The van der Waals surface area contributed by atoms with E-state index in [-0.39, 0.29) is 18.9 Å². The van der Waals surface area contributed by atoms with Crippen molar-refractivity contribution in [2.24, 2.45) is 5.92 Å². The van der Waals surface area contributed by atoms with Crippen molar-refractivity contribution < 1.29 is 37.7 Å². The molecule has 0 aromatic carbocycles. The maximum atomic E-state index is 14.0. The molecular formula is C18H30FNO7. The maximum absolute atomic E-state index is 14.0. The number of carbonyl (C=O) groups is 3. The zero-order valence-corrected chi connectivity index (χ0v) is 16.8. The zero-order valence-electron chi connectivity index (χ0n) is 16.8. The van der Waals surface area contributed by atoms with E-state index in [1.807, 2.05) is 0 Å². The number of amides is 1. The summed E-state index contributed by atoms with van der Waals surface area (Å²) >= 11 is 0. The van der Waals surface area contributed by atoms with Crippen molar-refractivity contribution in [3.8, 4) is 0 Å². The summed E-state index contributed by atoms with van der Waals surface area (Å²) in [5.41, 5.74) is -2.10. The van der Waals surface area contributed by atoms with Gasteiger partial charge in [-0.3, -0.25) is 0 Å². The molecule has 1 amide bonds. The Labute approximate surface area is 159 Å². The van der Waals surface area contributed by atoms with E-state index in [1.165, 1.54) is 14.0 Å². The average molecular weight is 391 g/mol. The fraction of sp³-hybridized carbons (Fsp3) is 0.833. The average Bonchev–Trinajstić information content (AvgIpc) is 2.55. The Kier molecular flexibility index (Phi) is 8.01. The minimum absolute atomic E-state index is 0.00704. The van der Waals surface area contributed by atoms with Gasteiger partial charge in [-0.2, -0.15) is 0 Å². The van der Waals surface area contributed by atoms with Crippen LogP contribution < -0.4 is 5.32 Å². The number of alkyl halides is 1. The largest absolute Gasteiger partial charge is 0.467 e. The van der Waals surface area contributed by atoms with Gasteiger partial charge in [0, 0.05) is 12.3 Å². The number of rotatable bonds is 8. The van der Waals surface area contributed by atoms with Crippen LogP contribution in [0.5, 0.6) is 0 Å². The third kappa shape index (κ3) is 7.32. The summed E-state index contributed by atoms with van der Waals surface area (Å²) in [5.74, 6) is -1.83. The summed E-state index contributed by atoms with van der Waals surface area (Å²) in [4.78, 5) is 36.0. The number of hydrogen-bond donors (Lipinski definition) is 1. The molecular weight excluding hydrogens is 361 g/mol. The van der Waals surface area contributed by atoms with Gasteiger partial charge >= 0.3 is 18.0 Å². The van der Waals surface area contributed by atoms with Crippen LogP contribution in [-0.2, 0) is 28.5 Å². The van der Waals surface area contributed by atoms with Crippen molar-refractivity contribution in [1.82, 2.24) is 5.32 Å². The van der Waals surface area contributed by atoms with E-state index in [4.69, 9.17) is 14.2 Å². The van der Waals surface area contributed by atoms with E-state index in [9.17, 15) is 18.8 Å². The Balaban J connectivity index is 2.77. The molecule has 0 heterocycles. The lowest BCUT2D eigenvalue weighted by Crippen LogP contribution is -2.48. The monoisotopic (exact) mass is 391 g/mol. The number of methoxy groups -OCH3 is 2. The molecule has 8 nitrogen and oxygen atoms in total.